The molecule has 0 radical (unpaired) electrons. The van der Waals surface area contributed by atoms with Crippen molar-refractivity contribution < 1.29 is 27.1 Å². The number of furan rings is 1. The molecule has 0 aliphatic carbocycles. The standard InChI is InChI=1S/C13H18F3NO3/c1-3-8-17-9(6-7-13(14,15)16)10-4-5-11(20-10)12(18)19-2/h4-5,9,17H,3,6-8H2,1-2H3. The monoisotopic (exact) mass is 293 g/mol. The molecule has 0 amide bonds. The number of methoxy groups -OCH3 is 1. The lowest BCUT2D eigenvalue weighted by Gasteiger charge is -2.17. The molecule has 0 bridgehead atoms. The number of halogens is 3. The van der Waals surface area contributed by atoms with Gasteiger partial charge in [0.15, 0.2) is 0 Å². The Morgan fingerprint density at radius 2 is 2.15 bits per heavy atom. The zero-order valence-corrected chi connectivity index (χ0v) is 11.4. The Bertz CT molecular complexity index is 429. The van der Waals surface area contributed by atoms with Crippen LogP contribution in [0.4, 0.5) is 13.2 Å². The van der Waals surface area contributed by atoms with Gasteiger partial charge in [0.25, 0.3) is 0 Å². The fourth-order valence-electron chi connectivity index (χ4n) is 1.72. The smallest absolute Gasteiger partial charge is 0.389 e. The highest BCUT2D eigenvalue weighted by Crippen LogP contribution is 2.28. The van der Waals surface area contributed by atoms with Crippen LogP contribution in [0.25, 0.3) is 0 Å². The third kappa shape index (κ3) is 5.24. The first-order chi connectivity index (χ1) is 9.37. The van der Waals surface area contributed by atoms with Crippen LogP contribution < -0.4 is 5.32 Å². The summed E-state index contributed by atoms with van der Waals surface area (Å²) in [6, 6.07) is 2.32. The summed E-state index contributed by atoms with van der Waals surface area (Å²) in [5, 5.41) is 2.98. The van der Waals surface area contributed by atoms with Gasteiger partial charge in [-0.05, 0) is 31.5 Å². The lowest BCUT2D eigenvalue weighted by Crippen LogP contribution is -2.23. The van der Waals surface area contributed by atoms with Gasteiger partial charge in [-0.15, -0.1) is 0 Å². The van der Waals surface area contributed by atoms with Crippen molar-refractivity contribution in [3.63, 3.8) is 0 Å². The van der Waals surface area contributed by atoms with Crippen LogP contribution >= 0.6 is 0 Å². The fourth-order valence-corrected chi connectivity index (χ4v) is 1.72. The van der Waals surface area contributed by atoms with Gasteiger partial charge in [0.1, 0.15) is 5.76 Å². The second-order valence-electron chi connectivity index (χ2n) is 4.35. The van der Waals surface area contributed by atoms with E-state index in [4.69, 9.17) is 4.42 Å². The van der Waals surface area contributed by atoms with Crippen molar-refractivity contribution >= 4 is 5.97 Å². The third-order valence-electron chi connectivity index (χ3n) is 2.71. The molecule has 0 spiro atoms. The molecule has 1 unspecified atom stereocenters. The van der Waals surface area contributed by atoms with Gasteiger partial charge in [-0.25, -0.2) is 4.79 Å². The van der Waals surface area contributed by atoms with Gasteiger partial charge in [0, 0.05) is 6.42 Å². The minimum Gasteiger partial charge on any atom is -0.463 e. The van der Waals surface area contributed by atoms with E-state index in [1.54, 1.807) is 0 Å². The van der Waals surface area contributed by atoms with Crippen molar-refractivity contribution in [3.8, 4) is 0 Å². The summed E-state index contributed by atoms with van der Waals surface area (Å²) in [6.07, 6.45) is -4.49. The first kappa shape index (κ1) is 16.6. The Labute approximate surface area is 115 Å². The predicted molar refractivity (Wildman–Crippen MR) is 66.4 cm³/mol. The number of alkyl halides is 3. The molecule has 0 aliphatic heterocycles. The molecule has 1 N–H and O–H groups in total. The van der Waals surface area contributed by atoms with Gasteiger partial charge >= 0.3 is 12.1 Å². The van der Waals surface area contributed by atoms with Crippen LogP contribution in [-0.4, -0.2) is 25.8 Å². The molecule has 4 nitrogen and oxygen atoms in total. The highest BCUT2D eigenvalue weighted by Gasteiger charge is 2.29. The summed E-state index contributed by atoms with van der Waals surface area (Å²) >= 11 is 0. The van der Waals surface area contributed by atoms with E-state index in [-0.39, 0.29) is 12.2 Å². The summed E-state index contributed by atoms with van der Waals surface area (Å²) in [5.74, 6) is -0.359. The summed E-state index contributed by atoms with van der Waals surface area (Å²) in [5.41, 5.74) is 0. The molecule has 0 fully saturated rings. The first-order valence-electron chi connectivity index (χ1n) is 6.35. The van der Waals surface area contributed by atoms with Crippen molar-refractivity contribution in [1.82, 2.24) is 5.32 Å². The van der Waals surface area contributed by atoms with Crippen molar-refractivity contribution in [2.75, 3.05) is 13.7 Å². The largest absolute Gasteiger partial charge is 0.463 e. The van der Waals surface area contributed by atoms with Crippen LogP contribution in [0.5, 0.6) is 0 Å². The average molecular weight is 293 g/mol. The maximum atomic E-state index is 12.3. The van der Waals surface area contributed by atoms with E-state index in [9.17, 15) is 18.0 Å². The van der Waals surface area contributed by atoms with E-state index in [0.29, 0.717) is 12.3 Å². The lowest BCUT2D eigenvalue weighted by molar-refractivity contribution is -0.136. The van der Waals surface area contributed by atoms with Crippen LogP contribution in [0.2, 0.25) is 0 Å². The maximum Gasteiger partial charge on any atom is 0.389 e. The van der Waals surface area contributed by atoms with E-state index in [0.717, 1.165) is 6.42 Å². The van der Waals surface area contributed by atoms with Crippen molar-refractivity contribution in [3.05, 3.63) is 23.7 Å². The van der Waals surface area contributed by atoms with Crippen LogP contribution in [0.15, 0.2) is 16.5 Å². The molecule has 1 rings (SSSR count). The van der Waals surface area contributed by atoms with E-state index in [2.05, 4.69) is 10.1 Å². The Morgan fingerprint density at radius 1 is 1.45 bits per heavy atom. The Balaban J connectivity index is 2.76. The van der Waals surface area contributed by atoms with Gasteiger partial charge in [-0.1, -0.05) is 6.92 Å². The molecule has 0 saturated carbocycles. The van der Waals surface area contributed by atoms with Gasteiger partial charge in [0.2, 0.25) is 5.76 Å². The second-order valence-corrected chi connectivity index (χ2v) is 4.35. The molecule has 0 aromatic carbocycles. The highest BCUT2D eigenvalue weighted by atomic mass is 19.4. The van der Waals surface area contributed by atoms with Gasteiger partial charge in [0.05, 0.1) is 13.2 Å². The van der Waals surface area contributed by atoms with Crippen LogP contribution in [0.1, 0.15) is 48.5 Å². The normalized spacial score (nSPS) is 13.2. The maximum absolute atomic E-state index is 12.3. The number of nitrogens with one attached hydrogen (secondary N) is 1. The molecule has 1 aromatic rings. The third-order valence-corrected chi connectivity index (χ3v) is 2.71. The molecule has 0 aliphatic rings. The van der Waals surface area contributed by atoms with Crippen molar-refractivity contribution in [2.45, 2.75) is 38.4 Å². The molecule has 7 heteroatoms. The molecule has 1 heterocycles. The zero-order chi connectivity index (χ0) is 15.2. The average Bonchev–Trinajstić information content (AvgIpc) is 2.86. The SMILES string of the molecule is CCCNC(CCC(F)(F)F)c1ccc(C(=O)OC)o1. The number of carbonyl (C=O) groups excluding carboxylic acids is 1. The topological polar surface area (TPSA) is 51.5 Å². The first-order valence-corrected chi connectivity index (χ1v) is 6.35. The summed E-state index contributed by atoms with van der Waals surface area (Å²) in [4.78, 5) is 11.3. The molecule has 1 aromatic heterocycles. The number of esters is 1. The molecular formula is C13H18F3NO3. The summed E-state index contributed by atoms with van der Waals surface area (Å²) in [6.45, 7) is 2.48. The molecular weight excluding hydrogens is 275 g/mol. The minimum atomic E-state index is -4.22. The molecule has 114 valence electrons. The van der Waals surface area contributed by atoms with Crippen molar-refractivity contribution in [1.29, 1.82) is 0 Å². The number of ether oxygens (including phenoxy) is 1. The quantitative estimate of drug-likeness (QED) is 0.782. The van der Waals surface area contributed by atoms with Crippen molar-refractivity contribution in [2.24, 2.45) is 0 Å². The molecule has 0 saturated heterocycles. The van der Waals surface area contributed by atoms with Crippen LogP contribution in [-0.2, 0) is 4.74 Å². The number of carbonyl (C=O) groups is 1. The summed E-state index contributed by atoms with van der Waals surface area (Å²) in [7, 11) is 1.21. The fraction of sp³-hybridized carbons (Fsp3) is 0.615. The Morgan fingerprint density at radius 3 is 2.70 bits per heavy atom. The zero-order valence-electron chi connectivity index (χ0n) is 11.4. The van der Waals surface area contributed by atoms with Gasteiger partial charge in [-0.3, -0.25) is 0 Å². The second kappa shape index (κ2) is 7.33. The Kier molecular flexibility index (Phi) is 6.06. The number of hydrogen-bond acceptors (Lipinski definition) is 4. The van der Waals surface area contributed by atoms with Gasteiger partial charge in [-0.2, -0.15) is 13.2 Å². The summed E-state index contributed by atoms with van der Waals surface area (Å²) < 4.78 is 46.7. The lowest BCUT2D eigenvalue weighted by atomic mass is 10.1. The van der Waals surface area contributed by atoms with Gasteiger partial charge < -0.3 is 14.5 Å². The van der Waals surface area contributed by atoms with E-state index in [1.165, 1.54) is 19.2 Å². The predicted octanol–water partition coefficient (Wildman–Crippen LogP) is 3.45. The van der Waals surface area contributed by atoms with Crippen LogP contribution in [0.3, 0.4) is 0 Å². The van der Waals surface area contributed by atoms with Crippen LogP contribution in [0, 0.1) is 0 Å². The molecule has 1 atom stereocenters. The number of rotatable bonds is 7. The number of hydrogen-bond donors (Lipinski definition) is 1. The van der Waals surface area contributed by atoms with E-state index in [1.807, 2.05) is 6.92 Å². The molecule has 20 heavy (non-hydrogen) atoms. The highest BCUT2D eigenvalue weighted by molar-refractivity contribution is 5.86. The van der Waals surface area contributed by atoms with E-state index < -0.39 is 24.6 Å². The Hall–Kier alpha value is -1.50. The van der Waals surface area contributed by atoms with E-state index >= 15 is 0 Å². The minimum absolute atomic E-state index is 0.0159.